The molecule has 0 radical (unpaired) electrons. The number of likely N-dealkylation sites (N-methyl/N-ethyl adjacent to an activating group) is 1. The highest BCUT2D eigenvalue weighted by atomic mass is 16.1. The zero-order valence-electron chi connectivity index (χ0n) is 7.91. The zero-order valence-corrected chi connectivity index (χ0v) is 7.91. The summed E-state index contributed by atoms with van der Waals surface area (Å²) in [5.41, 5.74) is 1.55. The van der Waals surface area contributed by atoms with Crippen molar-refractivity contribution in [3.05, 3.63) is 27.4 Å². The number of nitrogens with one attached hydrogen (secondary N) is 1. The number of aldehydes is 1. The summed E-state index contributed by atoms with van der Waals surface area (Å²) < 4.78 is 0. The summed E-state index contributed by atoms with van der Waals surface area (Å²) in [6.45, 7) is 1.56. The van der Waals surface area contributed by atoms with E-state index >= 15 is 0 Å². The number of H-pyrrole nitrogens is 1. The Morgan fingerprint density at radius 3 is 3.07 bits per heavy atom. The van der Waals surface area contributed by atoms with E-state index in [4.69, 9.17) is 0 Å². The number of aromatic nitrogens is 2. The van der Waals surface area contributed by atoms with Crippen LogP contribution in [0.3, 0.4) is 0 Å². The molecule has 2 heterocycles. The summed E-state index contributed by atoms with van der Waals surface area (Å²) in [4.78, 5) is 30.2. The van der Waals surface area contributed by atoms with Crippen LogP contribution in [0, 0.1) is 0 Å². The molecule has 2 rings (SSSR count). The van der Waals surface area contributed by atoms with Gasteiger partial charge in [0.2, 0.25) is 0 Å². The van der Waals surface area contributed by atoms with Gasteiger partial charge in [-0.05, 0) is 13.5 Å². The van der Waals surface area contributed by atoms with E-state index < -0.39 is 5.69 Å². The molecule has 1 aliphatic heterocycles. The molecule has 0 bridgehead atoms. The maximum Gasteiger partial charge on any atom is 0.345 e. The molecule has 5 nitrogen and oxygen atoms in total. The SMILES string of the molecule is CN1CCc2c(C=O)nc(=O)[nH]c2C1. The van der Waals surface area contributed by atoms with Gasteiger partial charge in [0.1, 0.15) is 5.69 Å². The monoisotopic (exact) mass is 193 g/mol. The minimum Gasteiger partial charge on any atom is -0.308 e. The largest absolute Gasteiger partial charge is 0.345 e. The molecule has 0 saturated heterocycles. The number of hydrogen-bond acceptors (Lipinski definition) is 4. The number of rotatable bonds is 1. The third-order valence-electron chi connectivity index (χ3n) is 2.44. The highest BCUT2D eigenvalue weighted by molar-refractivity contribution is 5.74. The minimum absolute atomic E-state index is 0.289. The van der Waals surface area contributed by atoms with Gasteiger partial charge >= 0.3 is 5.69 Å². The van der Waals surface area contributed by atoms with Gasteiger partial charge in [-0.1, -0.05) is 0 Å². The topological polar surface area (TPSA) is 66.1 Å². The number of carbonyl (C=O) groups is 1. The maximum atomic E-state index is 11.1. The molecule has 0 aliphatic carbocycles. The van der Waals surface area contributed by atoms with E-state index in [0.29, 0.717) is 12.8 Å². The molecule has 0 fully saturated rings. The van der Waals surface area contributed by atoms with Gasteiger partial charge in [-0.25, -0.2) is 4.79 Å². The summed E-state index contributed by atoms with van der Waals surface area (Å²) in [6, 6.07) is 0. The molecule has 1 N–H and O–H groups in total. The van der Waals surface area contributed by atoms with Crippen molar-refractivity contribution in [1.29, 1.82) is 0 Å². The molecule has 1 aromatic rings. The fourth-order valence-corrected chi connectivity index (χ4v) is 1.73. The first-order valence-corrected chi connectivity index (χ1v) is 4.46. The Balaban J connectivity index is 2.57. The van der Waals surface area contributed by atoms with Gasteiger partial charge in [0, 0.05) is 24.3 Å². The van der Waals surface area contributed by atoms with Crippen LogP contribution in [0.1, 0.15) is 21.7 Å². The second-order valence-electron chi connectivity index (χ2n) is 3.49. The van der Waals surface area contributed by atoms with Crippen LogP contribution < -0.4 is 5.69 Å². The second-order valence-corrected chi connectivity index (χ2v) is 3.49. The third-order valence-corrected chi connectivity index (χ3v) is 2.44. The number of carbonyl (C=O) groups excluding carboxylic acids is 1. The molecular formula is C9H11N3O2. The number of fused-ring (bicyclic) bond motifs is 1. The van der Waals surface area contributed by atoms with Gasteiger partial charge in [0.25, 0.3) is 0 Å². The van der Waals surface area contributed by atoms with Crippen molar-refractivity contribution in [3.8, 4) is 0 Å². The highest BCUT2D eigenvalue weighted by Gasteiger charge is 2.18. The van der Waals surface area contributed by atoms with Crippen LogP contribution in [0.5, 0.6) is 0 Å². The van der Waals surface area contributed by atoms with E-state index in [1.54, 1.807) is 0 Å². The number of nitrogens with zero attached hydrogens (tertiary/aromatic N) is 2. The molecule has 0 aromatic carbocycles. The summed E-state index contributed by atoms with van der Waals surface area (Å²) in [5.74, 6) is 0. The van der Waals surface area contributed by atoms with Crippen molar-refractivity contribution in [2.75, 3.05) is 13.6 Å². The van der Waals surface area contributed by atoms with Gasteiger partial charge in [0.15, 0.2) is 6.29 Å². The van der Waals surface area contributed by atoms with Crippen LogP contribution in [0.2, 0.25) is 0 Å². The first-order valence-electron chi connectivity index (χ1n) is 4.46. The van der Waals surface area contributed by atoms with Gasteiger partial charge < -0.3 is 9.88 Å². The number of hydrogen-bond donors (Lipinski definition) is 1. The summed E-state index contributed by atoms with van der Waals surface area (Å²) in [6.07, 6.45) is 1.42. The molecule has 5 heteroatoms. The molecular weight excluding hydrogens is 182 g/mol. The summed E-state index contributed by atoms with van der Waals surface area (Å²) in [7, 11) is 1.97. The van der Waals surface area contributed by atoms with E-state index in [2.05, 4.69) is 14.9 Å². The maximum absolute atomic E-state index is 11.1. The normalized spacial score (nSPS) is 16.4. The minimum atomic E-state index is -0.443. The van der Waals surface area contributed by atoms with Crippen LogP contribution in [-0.4, -0.2) is 34.7 Å². The van der Waals surface area contributed by atoms with E-state index in [1.807, 2.05) is 7.05 Å². The molecule has 0 spiro atoms. The van der Waals surface area contributed by atoms with Gasteiger partial charge in [0.05, 0.1) is 0 Å². The van der Waals surface area contributed by atoms with Crippen molar-refractivity contribution < 1.29 is 4.79 Å². The van der Waals surface area contributed by atoms with Gasteiger partial charge in [-0.3, -0.25) is 4.79 Å². The lowest BCUT2D eigenvalue weighted by Crippen LogP contribution is -2.31. The van der Waals surface area contributed by atoms with Gasteiger partial charge in [-0.2, -0.15) is 4.98 Å². The number of aromatic amines is 1. The van der Waals surface area contributed by atoms with E-state index in [-0.39, 0.29) is 5.69 Å². The fraction of sp³-hybridized carbons (Fsp3) is 0.444. The van der Waals surface area contributed by atoms with E-state index in [1.165, 1.54) is 0 Å². The lowest BCUT2D eigenvalue weighted by atomic mass is 10.0. The Hall–Kier alpha value is -1.49. The fourth-order valence-electron chi connectivity index (χ4n) is 1.73. The Labute approximate surface area is 80.8 Å². The van der Waals surface area contributed by atoms with Crippen LogP contribution in [-0.2, 0) is 13.0 Å². The predicted molar refractivity (Wildman–Crippen MR) is 50.3 cm³/mol. The average Bonchev–Trinajstić information content (AvgIpc) is 2.15. The molecule has 1 aromatic heterocycles. The van der Waals surface area contributed by atoms with E-state index in [0.717, 1.165) is 24.2 Å². The quantitative estimate of drug-likeness (QED) is 0.615. The molecule has 0 saturated carbocycles. The Bertz CT molecular complexity index is 425. The van der Waals surface area contributed by atoms with Crippen molar-refractivity contribution in [3.63, 3.8) is 0 Å². The first kappa shape index (κ1) is 9.08. The smallest absolute Gasteiger partial charge is 0.308 e. The molecule has 0 atom stereocenters. The molecule has 0 unspecified atom stereocenters. The molecule has 14 heavy (non-hydrogen) atoms. The van der Waals surface area contributed by atoms with Crippen LogP contribution in [0.4, 0.5) is 0 Å². The van der Waals surface area contributed by atoms with Crippen molar-refractivity contribution in [2.45, 2.75) is 13.0 Å². The van der Waals surface area contributed by atoms with Crippen LogP contribution in [0.25, 0.3) is 0 Å². The summed E-state index contributed by atoms with van der Waals surface area (Å²) >= 11 is 0. The molecule has 1 aliphatic rings. The second kappa shape index (κ2) is 3.34. The average molecular weight is 193 g/mol. The molecule has 0 amide bonds. The Morgan fingerprint density at radius 1 is 1.57 bits per heavy atom. The van der Waals surface area contributed by atoms with Crippen molar-refractivity contribution in [1.82, 2.24) is 14.9 Å². The zero-order chi connectivity index (χ0) is 10.1. The Kier molecular flexibility index (Phi) is 2.17. The van der Waals surface area contributed by atoms with Gasteiger partial charge in [-0.15, -0.1) is 0 Å². The van der Waals surface area contributed by atoms with Crippen LogP contribution >= 0.6 is 0 Å². The van der Waals surface area contributed by atoms with Crippen molar-refractivity contribution >= 4 is 6.29 Å². The highest BCUT2D eigenvalue weighted by Crippen LogP contribution is 2.15. The summed E-state index contributed by atoms with van der Waals surface area (Å²) in [5, 5.41) is 0. The lowest BCUT2D eigenvalue weighted by molar-refractivity contribution is 0.111. The van der Waals surface area contributed by atoms with E-state index in [9.17, 15) is 9.59 Å². The standard InChI is InChI=1S/C9H11N3O2/c1-12-3-2-6-7(4-12)10-9(14)11-8(6)5-13/h5H,2-4H2,1H3,(H,10,11,14). The third kappa shape index (κ3) is 1.46. The van der Waals surface area contributed by atoms with Crippen molar-refractivity contribution in [2.24, 2.45) is 0 Å². The lowest BCUT2D eigenvalue weighted by Gasteiger charge is -2.24. The van der Waals surface area contributed by atoms with Crippen LogP contribution in [0.15, 0.2) is 4.79 Å². The molecule has 74 valence electrons. The predicted octanol–water partition coefficient (Wildman–Crippen LogP) is -0.430. The first-order chi connectivity index (χ1) is 6.70. The Morgan fingerprint density at radius 2 is 2.36 bits per heavy atom.